The Morgan fingerprint density at radius 2 is 1.53 bits per heavy atom. The molecule has 0 aromatic heterocycles. The van der Waals surface area contributed by atoms with Gasteiger partial charge in [-0.05, 0) is 72.6 Å². The largest absolute Gasteiger partial charge is 0.484 e. The molecular formula is C32H30F4N2O5. The van der Waals surface area contributed by atoms with Gasteiger partial charge in [-0.3, -0.25) is 4.79 Å². The number of alkyl halides is 3. The summed E-state index contributed by atoms with van der Waals surface area (Å²) in [7, 11) is 0. The Morgan fingerprint density at radius 3 is 2.14 bits per heavy atom. The maximum Gasteiger partial charge on any atom is 0.419 e. The van der Waals surface area contributed by atoms with Gasteiger partial charge in [0.05, 0.1) is 17.2 Å². The van der Waals surface area contributed by atoms with E-state index in [2.05, 4.69) is 22.8 Å². The van der Waals surface area contributed by atoms with Crippen molar-refractivity contribution in [2.75, 3.05) is 13.2 Å². The summed E-state index contributed by atoms with van der Waals surface area (Å²) in [5, 5.41) is 16.8. The summed E-state index contributed by atoms with van der Waals surface area (Å²) < 4.78 is 63.4. The number of halogens is 4. The van der Waals surface area contributed by atoms with Crippen molar-refractivity contribution in [2.45, 2.75) is 61.4 Å². The predicted octanol–water partition coefficient (Wildman–Crippen LogP) is 5.69. The van der Waals surface area contributed by atoms with E-state index >= 15 is 0 Å². The minimum Gasteiger partial charge on any atom is -0.484 e. The molecule has 2 amide bonds. The van der Waals surface area contributed by atoms with Crippen molar-refractivity contribution in [3.63, 3.8) is 0 Å². The van der Waals surface area contributed by atoms with Crippen molar-refractivity contribution in [2.24, 2.45) is 0 Å². The molecule has 0 spiro atoms. The molecule has 0 saturated heterocycles. The Balaban J connectivity index is 1.03. The molecule has 0 aliphatic heterocycles. The lowest BCUT2D eigenvalue weighted by Gasteiger charge is -2.56. The van der Waals surface area contributed by atoms with Gasteiger partial charge < -0.3 is 25.2 Å². The quantitative estimate of drug-likeness (QED) is 0.304. The first-order valence-electron chi connectivity index (χ1n) is 14.1. The third-order valence-corrected chi connectivity index (χ3v) is 9.03. The van der Waals surface area contributed by atoms with Crippen LogP contribution in [-0.2, 0) is 15.7 Å². The molecule has 43 heavy (non-hydrogen) atoms. The second-order valence-corrected chi connectivity index (χ2v) is 11.6. The molecule has 3 fully saturated rings. The number of ether oxygens (including phenoxy) is 2. The van der Waals surface area contributed by atoms with Crippen LogP contribution in [0, 0.1) is 5.82 Å². The molecule has 4 aliphatic rings. The highest BCUT2D eigenvalue weighted by Crippen LogP contribution is 2.48. The molecule has 3 saturated carbocycles. The summed E-state index contributed by atoms with van der Waals surface area (Å²) in [6.07, 6.45) is -4.53. The SMILES string of the molecule is O=C(COc1ccc(F)c(C(F)(F)F)c1)NC12CCC(NC(=O)OCC3c4ccccc4-c4ccccc43)(CC1)C[C@@H]2O. The van der Waals surface area contributed by atoms with Crippen LogP contribution in [0.15, 0.2) is 66.7 Å². The summed E-state index contributed by atoms with van der Waals surface area (Å²) in [4.78, 5) is 25.6. The van der Waals surface area contributed by atoms with E-state index in [1.807, 2.05) is 36.4 Å². The number of rotatable bonds is 7. The van der Waals surface area contributed by atoms with Crippen molar-refractivity contribution < 1.29 is 41.7 Å². The lowest BCUT2D eigenvalue weighted by atomic mass is 9.60. The number of hydrogen-bond acceptors (Lipinski definition) is 5. The van der Waals surface area contributed by atoms with E-state index in [0.717, 1.165) is 28.3 Å². The fraction of sp³-hybridized carbons (Fsp3) is 0.375. The van der Waals surface area contributed by atoms with E-state index in [4.69, 9.17) is 9.47 Å². The first-order valence-corrected chi connectivity index (χ1v) is 14.1. The van der Waals surface area contributed by atoms with E-state index in [1.54, 1.807) is 0 Å². The highest BCUT2D eigenvalue weighted by atomic mass is 19.4. The minimum absolute atomic E-state index is 0.0843. The predicted molar refractivity (Wildman–Crippen MR) is 148 cm³/mol. The van der Waals surface area contributed by atoms with Gasteiger partial charge in [0.1, 0.15) is 18.2 Å². The average molecular weight is 599 g/mol. The van der Waals surface area contributed by atoms with Gasteiger partial charge >= 0.3 is 12.3 Å². The fourth-order valence-electron chi connectivity index (χ4n) is 6.79. The van der Waals surface area contributed by atoms with Crippen LogP contribution in [0.1, 0.15) is 54.7 Å². The number of aliphatic hydroxyl groups excluding tert-OH is 1. The molecule has 0 radical (unpaired) electrons. The zero-order chi connectivity index (χ0) is 30.4. The van der Waals surface area contributed by atoms with Crippen LogP contribution in [0.2, 0.25) is 0 Å². The number of nitrogens with one attached hydrogen (secondary N) is 2. The zero-order valence-electron chi connectivity index (χ0n) is 23.0. The maximum atomic E-state index is 13.5. The van der Waals surface area contributed by atoms with Gasteiger partial charge in [0.2, 0.25) is 0 Å². The van der Waals surface area contributed by atoms with Crippen LogP contribution in [0.4, 0.5) is 22.4 Å². The number of alkyl carbamates (subject to hydrolysis) is 1. The molecule has 4 aliphatic carbocycles. The standard InChI is InChI=1S/C32H30F4N2O5/c33-26-10-9-19(15-25(26)32(34,35)36)42-18-28(40)37-31-13-11-30(12-14-31,16-27(31)39)38-29(41)43-17-24-22-7-3-1-5-20(22)21-6-2-4-8-23(21)24/h1-10,15,24,27,39H,11-14,16-18H2,(H,37,40)(H,38,41)/t27-,30?,31?/m0/s1. The molecule has 11 heteroatoms. The third kappa shape index (κ3) is 5.53. The smallest absolute Gasteiger partial charge is 0.419 e. The number of benzene rings is 3. The Hall–Kier alpha value is -4.12. The molecule has 0 unspecified atom stereocenters. The van der Waals surface area contributed by atoms with Gasteiger partial charge in [-0.2, -0.15) is 13.2 Å². The van der Waals surface area contributed by atoms with Crippen molar-refractivity contribution in [3.05, 3.63) is 89.2 Å². The number of fused-ring (bicyclic) bond motifs is 6. The summed E-state index contributed by atoms with van der Waals surface area (Å²) in [6, 6.07) is 18.2. The van der Waals surface area contributed by atoms with E-state index in [1.165, 1.54) is 0 Å². The van der Waals surface area contributed by atoms with E-state index in [0.29, 0.717) is 37.8 Å². The van der Waals surface area contributed by atoms with Gasteiger partial charge in [-0.1, -0.05) is 48.5 Å². The maximum absolute atomic E-state index is 13.5. The van der Waals surface area contributed by atoms with Gasteiger partial charge in [0, 0.05) is 11.5 Å². The topological polar surface area (TPSA) is 96.9 Å². The van der Waals surface area contributed by atoms with Crippen molar-refractivity contribution in [1.29, 1.82) is 0 Å². The number of aliphatic hydroxyl groups is 1. The number of carbonyl (C=O) groups excluding carboxylic acids is 2. The molecule has 3 N–H and O–H groups in total. The summed E-state index contributed by atoms with van der Waals surface area (Å²) >= 11 is 0. The van der Waals surface area contributed by atoms with Crippen LogP contribution in [0.3, 0.4) is 0 Å². The molecule has 7 rings (SSSR count). The summed E-state index contributed by atoms with van der Waals surface area (Å²) in [5.41, 5.74) is 1.33. The van der Waals surface area contributed by atoms with E-state index in [-0.39, 0.29) is 24.7 Å². The average Bonchev–Trinajstić information content (AvgIpc) is 3.29. The highest BCUT2D eigenvalue weighted by Gasteiger charge is 2.55. The summed E-state index contributed by atoms with van der Waals surface area (Å²) in [5.74, 6) is -2.46. The van der Waals surface area contributed by atoms with Crippen LogP contribution in [0.25, 0.3) is 11.1 Å². The highest BCUT2D eigenvalue weighted by molar-refractivity contribution is 5.79. The normalized spacial score (nSPS) is 24.2. The minimum atomic E-state index is -4.90. The van der Waals surface area contributed by atoms with Gasteiger partial charge in [0.15, 0.2) is 6.61 Å². The molecule has 0 heterocycles. The van der Waals surface area contributed by atoms with Gasteiger partial charge in [0.25, 0.3) is 5.91 Å². The van der Waals surface area contributed by atoms with Crippen molar-refractivity contribution in [1.82, 2.24) is 10.6 Å². The Morgan fingerprint density at radius 1 is 0.907 bits per heavy atom. The Labute approximate surface area is 245 Å². The van der Waals surface area contributed by atoms with Gasteiger partial charge in [-0.15, -0.1) is 0 Å². The van der Waals surface area contributed by atoms with Crippen LogP contribution in [-0.4, -0.2) is 47.5 Å². The van der Waals surface area contributed by atoms with Crippen LogP contribution >= 0.6 is 0 Å². The van der Waals surface area contributed by atoms with Crippen molar-refractivity contribution in [3.8, 4) is 16.9 Å². The number of hydrogen-bond donors (Lipinski definition) is 3. The first-order chi connectivity index (χ1) is 20.5. The molecule has 7 nitrogen and oxygen atoms in total. The van der Waals surface area contributed by atoms with Crippen molar-refractivity contribution >= 4 is 12.0 Å². The number of amides is 2. The monoisotopic (exact) mass is 598 g/mol. The summed E-state index contributed by atoms with van der Waals surface area (Å²) in [6.45, 7) is -0.447. The van der Waals surface area contributed by atoms with E-state index < -0.39 is 53.3 Å². The second kappa shape index (κ2) is 10.9. The molecule has 3 aromatic rings. The molecule has 1 atom stereocenters. The Kier molecular flexibility index (Phi) is 7.32. The number of carbonyl (C=O) groups is 2. The first kappa shape index (κ1) is 29.0. The molecule has 2 bridgehead atoms. The zero-order valence-corrected chi connectivity index (χ0v) is 23.0. The molecular weight excluding hydrogens is 568 g/mol. The van der Waals surface area contributed by atoms with Gasteiger partial charge in [-0.25, -0.2) is 9.18 Å². The fourth-order valence-corrected chi connectivity index (χ4v) is 6.79. The third-order valence-electron chi connectivity index (χ3n) is 9.03. The van der Waals surface area contributed by atoms with E-state index in [9.17, 15) is 32.3 Å². The molecule has 3 aromatic carbocycles. The van der Waals surface area contributed by atoms with Crippen LogP contribution < -0.4 is 15.4 Å². The lowest BCUT2D eigenvalue weighted by molar-refractivity contribution is -0.140. The Bertz CT molecular complexity index is 1510. The second-order valence-electron chi connectivity index (χ2n) is 11.6. The lowest BCUT2D eigenvalue weighted by Crippen LogP contribution is -2.70. The van der Waals surface area contributed by atoms with Crippen LogP contribution in [0.5, 0.6) is 5.75 Å². The molecule has 226 valence electrons.